The highest BCUT2D eigenvalue weighted by atomic mass is 16.3. The van der Waals surface area contributed by atoms with Gasteiger partial charge in [-0.1, -0.05) is 25.1 Å². The molecule has 0 spiro atoms. The first-order valence-corrected chi connectivity index (χ1v) is 4.94. The SMILES string of the molecule is CCC(C)(C)O.NC(=O)c1ccccc1. The lowest BCUT2D eigenvalue weighted by atomic mass is 10.1. The normalized spacial score (nSPS) is 10.1. The van der Waals surface area contributed by atoms with Crippen molar-refractivity contribution in [2.75, 3.05) is 0 Å². The monoisotopic (exact) mass is 209 g/mol. The van der Waals surface area contributed by atoms with Gasteiger partial charge in [0, 0.05) is 5.56 Å². The van der Waals surface area contributed by atoms with Crippen LogP contribution in [-0.4, -0.2) is 16.6 Å². The minimum absolute atomic E-state index is 0.379. The number of amides is 1. The Morgan fingerprint density at radius 1 is 1.33 bits per heavy atom. The van der Waals surface area contributed by atoms with Gasteiger partial charge in [-0.3, -0.25) is 4.79 Å². The van der Waals surface area contributed by atoms with Crippen molar-refractivity contribution in [3.05, 3.63) is 35.9 Å². The zero-order chi connectivity index (χ0) is 11.9. The summed E-state index contributed by atoms with van der Waals surface area (Å²) in [4.78, 5) is 10.4. The molecule has 0 aliphatic carbocycles. The van der Waals surface area contributed by atoms with Gasteiger partial charge in [-0.05, 0) is 32.4 Å². The lowest BCUT2D eigenvalue weighted by molar-refractivity contribution is 0.0764. The van der Waals surface area contributed by atoms with Crippen molar-refractivity contribution in [2.45, 2.75) is 32.8 Å². The van der Waals surface area contributed by atoms with Crippen LogP contribution in [0.5, 0.6) is 0 Å². The van der Waals surface area contributed by atoms with E-state index < -0.39 is 5.60 Å². The third kappa shape index (κ3) is 7.70. The number of rotatable bonds is 2. The van der Waals surface area contributed by atoms with Gasteiger partial charge in [-0.25, -0.2) is 0 Å². The summed E-state index contributed by atoms with van der Waals surface area (Å²) in [5, 5.41) is 8.83. The molecule has 1 aromatic carbocycles. The summed E-state index contributed by atoms with van der Waals surface area (Å²) >= 11 is 0. The van der Waals surface area contributed by atoms with Crippen LogP contribution < -0.4 is 5.73 Å². The van der Waals surface area contributed by atoms with Crippen LogP contribution in [0.1, 0.15) is 37.6 Å². The fourth-order valence-electron chi connectivity index (χ4n) is 0.602. The van der Waals surface area contributed by atoms with Crippen molar-refractivity contribution in [3.8, 4) is 0 Å². The Morgan fingerprint density at radius 3 is 1.93 bits per heavy atom. The smallest absolute Gasteiger partial charge is 0.248 e. The van der Waals surface area contributed by atoms with Gasteiger partial charge >= 0.3 is 0 Å². The molecule has 15 heavy (non-hydrogen) atoms. The quantitative estimate of drug-likeness (QED) is 0.782. The first kappa shape index (κ1) is 13.7. The average Bonchev–Trinajstić information content (AvgIpc) is 2.19. The maximum atomic E-state index is 10.4. The van der Waals surface area contributed by atoms with E-state index in [1.807, 2.05) is 13.0 Å². The van der Waals surface area contributed by atoms with E-state index in [1.54, 1.807) is 38.1 Å². The Hall–Kier alpha value is -1.35. The van der Waals surface area contributed by atoms with E-state index in [9.17, 15) is 4.79 Å². The molecule has 0 aliphatic heterocycles. The molecule has 0 fully saturated rings. The van der Waals surface area contributed by atoms with E-state index >= 15 is 0 Å². The van der Waals surface area contributed by atoms with Crippen LogP contribution in [0.2, 0.25) is 0 Å². The molecule has 0 unspecified atom stereocenters. The molecule has 0 aromatic heterocycles. The summed E-state index contributed by atoms with van der Waals surface area (Å²) in [6.07, 6.45) is 0.826. The number of carbonyl (C=O) groups excluding carboxylic acids is 1. The van der Waals surface area contributed by atoms with Gasteiger partial charge in [0.2, 0.25) is 5.91 Å². The average molecular weight is 209 g/mol. The second kappa shape index (κ2) is 6.19. The van der Waals surface area contributed by atoms with Crippen LogP contribution in [0.4, 0.5) is 0 Å². The topological polar surface area (TPSA) is 63.3 Å². The van der Waals surface area contributed by atoms with E-state index in [0.717, 1.165) is 6.42 Å². The van der Waals surface area contributed by atoms with Crippen molar-refractivity contribution in [1.29, 1.82) is 0 Å². The minimum atomic E-state index is -0.458. The summed E-state index contributed by atoms with van der Waals surface area (Å²) < 4.78 is 0. The van der Waals surface area contributed by atoms with E-state index in [4.69, 9.17) is 10.8 Å². The van der Waals surface area contributed by atoms with Crippen molar-refractivity contribution in [3.63, 3.8) is 0 Å². The molecule has 0 heterocycles. The van der Waals surface area contributed by atoms with Gasteiger partial charge in [-0.2, -0.15) is 0 Å². The molecule has 0 aliphatic rings. The molecule has 3 heteroatoms. The standard InChI is InChI=1S/C7H7NO.C5H12O/c8-7(9)6-4-2-1-3-5-6;1-4-5(2,3)6/h1-5H,(H2,8,9);6H,4H2,1-3H3. The van der Waals surface area contributed by atoms with Gasteiger partial charge in [0.25, 0.3) is 0 Å². The van der Waals surface area contributed by atoms with E-state index in [2.05, 4.69) is 0 Å². The van der Waals surface area contributed by atoms with Gasteiger partial charge in [0.15, 0.2) is 0 Å². The van der Waals surface area contributed by atoms with Crippen LogP contribution in [0.15, 0.2) is 30.3 Å². The molecule has 1 amide bonds. The van der Waals surface area contributed by atoms with Crippen LogP contribution in [0.3, 0.4) is 0 Å². The number of primary amides is 1. The van der Waals surface area contributed by atoms with Gasteiger partial charge in [0.05, 0.1) is 5.60 Å². The highest BCUT2D eigenvalue weighted by Gasteiger charge is 2.05. The van der Waals surface area contributed by atoms with Crippen LogP contribution in [-0.2, 0) is 0 Å². The van der Waals surface area contributed by atoms with Crippen molar-refractivity contribution >= 4 is 5.91 Å². The maximum absolute atomic E-state index is 10.4. The summed E-state index contributed by atoms with van der Waals surface area (Å²) in [7, 11) is 0. The first-order valence-electron chi connectivity index (χ1n) is 4.94. The Labute approximate surface area is 90.9 Å². The van der Waals surface area contributed by atoms with E-state index in [0.29, 0.717) is 5.56 Å². The van der Waals surface area contributed by atoms with E-state index in [-0.39, 0.29) is 5.91 Å². The molecule has 3 N–H and O–H groups in total. The van der Waals surface area contributed by atoms with Gasteiger partial charge in [0.1, 0.15) is 0 Å². The predicted molar refractivity (Wildman–Crippen MR) is 61.5 cm³/mol. The number of aliphatic hydroxyl groups is 1. The van der Waals surface area contributed by atoms with Crippen molar-refractivity contribution in [1.82, 2.24) is 0 Å². The number of benzene rings is 1. The number of hydrogen-bond donors (Lipinski definition) is 2. The second-order valence-corrected chi connectivity index (χ2v) is 3.90. The first-order chi connectivity index (χ1) is 6.87. The van der Waals surface area contributed by atoms with Crippen LogP contribution in [0, 0.1) is 0 Å². The molecule has 84 valence electrons. The van der Waals surface area contributed by atoms with Gasteiger partial charge in [-0.15, -0.1) is 0 Å². The highest BCUT2D eigenvalue weighted by molar-refractivity contribution is 5.92. The van der Waals surface area contributed by atoms with Crippen LogP contribution in [0.25, 0.3) is 0 Å². The Balaban J connectivity index is 0.000000288. The zero-order valence-corrected chi connectivity index (χ0v) is 9.53. The molecule has 3 nitrogen and oxygen atoms in total. The summed E-state index contributed by atoms with van der Waals surface area (Å²) in [6.45, 7) is 5.56. The third-order valence-electron chi connectivity index (χ3n) is 1.92. The molecule has 0 saturated carbocycles. The van der Waals surface area contributed by atoms with Crippen molar-refractivity contribution in [2.24, 2.45) is 5.73 Å². The third-order valence-corrected chi connectivity index (χ3v) is 1.92. The zero-order valence-electron chi connectivity index (χ0n) is 9.53. The fourth-order valence-corrected chi connectivity index (χ4v) is 0.602. The molecule has 1 aromatic rings. The molecule has 1 rings (SSSR count). The number of hydrogen-bond acceptors (Lipinski definition) is 2. The Morgan fingerprint density at radius 2 is 1.73 bits per heavy atom. The fraction of sp³-hybridized carbons (Fsp3) is 0.417. The molecular formula is C12H19NO2. The molecular weight excluding hydrogens is 190 g/mol. The summed E-state index contributed by atoms with van der Waals surface area (Å²) in [6, 6.07) is 8.76. The minimum Gasteiger partial charge on any atom is -0.390 e. The van der Waals surface area contributed by atoms with E-state index in [1.165, 1.54) is 0 Å². The maximum Gasteiger partial charge on any atom is 0.248 e. The highest BCUT2D eigenvalue weighted by Crippen LogP contribution is 2.03. The molecule has 0 bridgehead atoms. The van der Waals surface area contributed by atoms with Crippen LogP contribution >= 0.6 is 0 Å². The molecule has 0 atom stereocenters. The number of carbonyl (C=O) groups is 1. The van der Waals surface area contributed by atoms with Crippen molar-refractivity contribution < 1.29 is 9.90 Å². The molecule has 0 saturated heterocycles. The second-order valence-electron chi connectivity index (χ2n) is 3.90. The lowest BCUT2D eigenvalue weighted by Crippen LogP contribution is -2.15. The Bertz CT molecular complexity index is 288. The summed E-state index contributed by atoms with van der Waals surface area (Å²) in [5.74, 6) is -0.379. The lowest BCUT2D eigenvalue weighted by Gasteiger charge is -2.11. The predicted octanol–water partition coefficient (Wildman–Crippen LogP) is 1.95. The number of nitrogens with two attached hydrogens (primary N) is 1. The Kier molecular flexibility index (Phi) is 5.64. The van der Waals surface area contributed by atoms with Gasteiger partial charge < -0.3 is 10.8 Å². The largest absolute Gasteiger partial charge is 0.390 e. The molecule has 0 radical (unpaired) electrons. The summed E-state index contributed by atoms with van der Waals surface area (Å²) in [5.41, 5.74) is 5.07.